The van der Waals surface area contributed by atoms with E-state index in [1.54, 1.807) is 6.20 Å². The number of halogens is 2. The second kappa shape index (κ2) is 5.05. The fourth-order valence-electron chi connectivity index (χ4n) is 1.69. The number of hydrogen-bond donors (Lipinski definition) is 2. The molecule has 1 atom stereocenters. The number of likely N-dealkylation sites (tertiary alicyclic amines) is 1. The van der Waals surface area contributed by atoms with Crippen LogP contribution in [0.25, 0.3) is 0 Å². The highest BCUT2D eigenvalue weighted by atomic mass is 79.9. The molecule has 1 aromatic heterocycles. The first-order chi connectivity index (χ1) is 8.06. The predicted molar refractivity (Wildman–Crippen MR) is 66.4 cm³/mol. The molecule has 1 unspecified atom stereocenters. The van der Waals surface area contributed by atoms with Crippen LogP contribution in [-0.4, -0.2) is 45.2 Å². The van der Waals surface area contributed by atoms with E-state index in [-0.39, 0.29) is 11.3 Å². The molecule has 1 aliphatic rings. The van der Waals surface area contributed by atoms with Crippen molar-refractivity contribution in [1.82, 2.24) is 14.9 Å². The van der Waals surface area contributed by atoms with Gasteiger partial charge in [-0.05, 0) is 34.0 Å². The molecule has 0 spiro atoms. The molecule has 0 aromatic carbocycles. The lowest BCUT2D eigenvalue weighted by Gasteiger charge is -2.15. The van der Waals surface area contributed by atoms with Crippen molar-refractivity contribution in [3.8, 4) is 0 Å². The van der Waals surface area contributed by atoms with Gasteiger partial charge in [0, 0.05) is 25.3 Å². The topological polar surface area (TPSA) is 78.4 Å². The van der Waals surface area contributed by atoms with Gasteiger partial charge in [0.2, 0.25) is 5.28 Å². The first kappa shape index (κ1) is 12.4. The summed E-state index contributed by atoms with van der Waals surface area (Å²) in [6.45, 7) is 0.979. The maximum absolute atomic E-state index is 10.8. The van der Waals surface area contributed by atoms with Gasteiger partial charge in [-0.25, -0.2) is 9.78 Å². The largest absolute Gasteiger partial charge is 0.465 e. The molecule has 1 saturated heterocycles. The molecule has 2 heterocycles. The summed E-state index contributed by atoms with van der Waals surface area (Å²) in [5.41, 5.74) is 0. The zero-order chi connectivity index (χ0) is 12.4. The quantitative estimate of drug-likeness (QED) is 0.815. The van der Waals surface area contributed by atoms with E-state index in [9.17, 15) is 4.79 Å². The molecular formula is C9H10BrClN4O2. The van der Waals surface area contributed by atoms with Crippen molar-refractivity contribution < 1.29 is 9.90 Å². The van der Waals surface area contributed by atoms with Gasteiger partial charge in [0.1, 0.15) is 5.82 Å². The molecule has 8 heteroatoms. The molecule has 2 N–H and O–H groups in total. The summed E-state index contributed by atoms with van der Waals surface area (Å²) in [6.07, 6.45) is 1.41. The van der Waals surface area contributed by atoms with Crippen molar-refractivity contribution in [2.45, 2.75) is 12.5 Å². The van der Waals surface area contributed by atoms with E-state index in [0.29, 0.717) is 23.4 Å². The fraction of sp³-hybridized carbons (Fsp3) is 0.444. The van der Waals surface area contributed by atoms with Crippen molar-refractivity contribution in [1.29, 1.82) is 0 Å². The van der Waals surface area contributed by atoms with E-state index >= 15 is 0 Å². The molecule has 92 valence electrons. The second-order valence-corrected chi connectivity index (χ2v) is 4.89. The Morgan fingerprint density at radius 1 is 1.71 bits per heavy atom. The van der Waals surface area contributed by atoms with E-state index in [1.165, 1.54) is 4.90 Å². The number of nitrogens with one attached hydrogen (secondary N) is 1. The fourth-order valence-corrected chi connectivity index (χ4v) is 2.13. The molecule has 2 rings (SSSR count). The molecule has 1 fully saturated rings. The molecule has 0 radical (unpaired) electrons. The second-order valence-electron chi connectivity index (χ2n) is 3.69. The zero-order valence-corrected chi connectivity index (χ0v) is 11.1. The highest BCUT2D eigenvalue weighted by molar-refractivity contribution is 9.10. The lowest BCUT2D eigenvalue weighted by atomic mass is 10.2. The van der Waals surface area contributed by atoms with Crippen molar-refractivity contribution in [3.05, 3.63) is 16.0 Å². The van der Waals surface area contributed by atoms with Crippen LogP contribution < -0.4 is 5.32 Å². The Bertz CT molecular complexity index is 445. The van der Waals surface area contributed by atoms with Crippen LogP contribution in [0.4, 0.5) is 10.6 Å². The highest BCUT2D eigenvalue weighted by Gasteiger charge is 2.26. The summed E-state index contributed by atoms with van der Waals surface area (Å²) in [6, 6.07) is 0.0494. The average Bonchev–Trinajstić information content (AvgIpc) is 2.72. The Balaban J connectivity index is 2.02. The van der Waals surface area contributed by atoms with Crippen molar-refractivity contribution >= 4 is 39.4 Å². The van der Waals surface area contributed by atoms with Crippen molar-refractivity contribution in [3.63, 3.8) is 0 Å². The maximum Gasteiger partial charge on any atom is 0.407 e. The molecule has 0 aliphatic carbocycles. The van der Waals surface area contributed by atoms with Crippen LogP contribution in [0.15, 0.2) is 10.7 Å². The summed E-state index contributed by atoms with van der Waals surface area (Å²) >= 11 is 9.00. The Morgan fingerprint density at radius 3 is 3.12 bits per heavy atom. The minimum Gasteiger partial charge on any atom is -0.465 e. The number of aromatic nitrogens is 2. The third kappa shape index (κ3) is 2.98. The molecule has 1 aromatic rings. The molecule has 6 nitrogen and oxygen atoms in total. The number of amides is 1. The van der Waals surface area contributed by atoms with Crippen LogP contribution in [0.1, 0.15) is 6.42 Å². The minimum atomic E-state index is -0.894. The summed E-state index contributed by atoms with van der Waals surface area (Å²) in [5, 5.41) is 12.1. The lowest BCUT2D eigenvalue weighted by molar-refractivity contribution is 0.155. The number of nitrogens with zero attached hydrogens (tertiary/aromatic N) is 3. The first-order valence-corrected chi connectivity index (χ1v) is 6.16. The van der Waals surface area contributed by atoms with Crippen LogP contribution in [0, 0.1) is 0 Å². The number of hydrogen-bond acceptors (Lipinski definition) is 4. The molecule has 0 bridgehead atoms. The molecular weight excluding hydrogens is 311 g/mol. The maximum atomic E-state index is 10.8. The summed E-state index contributed by atoms with van der Waals surface area (Å²) in [7, 11) is 0. The Labute approximate surface area is 111 Å². The van der Waals surface area contributed by atoms with Gasteiger partial charge in [-0.1, -0.05) is 0 Å². The standard InChI is InChI=1S/C9H10BrClN4O2/c10-6-3-12-8(11)14-7(6)13-5-1-2-15(4-5)9(16)17/h3,5H,1-2,4H2,(H,16,17)(H,12,13,14). The summed E-state index contributed by atoms with van der Waals surface area (Å²) in [4.78, 5) is 20.0. The molecule has 0 saturated carbocycles. The zero-order valence-electron chi connectivity index (χ0n) is 8.73. The van der Waals surface area contributed by atoms with Crippen LogP contribution in [-0.2, 0) is 0 Å². The van der Waals surface area contributed by atoms with Crippen LogP contribution in [0.5, 0.6) is 0 Å². The Kier molecular flexibility index (Phi) is 3.68. The number of rotatable bonds is 2. The number of carbonyl (C=O) groups is 1. The van der Waals surface area contributed by atoms with Gasteiger partial charge >= 0.3 is 6.09 Å². The Morgan fingerprint density at radius 2 is 2.47 bits per heavy atom. The number of carboxylic acid groups (broad SMARTS) is 1. The van der Waals surface area contributed by atoms with E-state index < -0.39 is 6.09 Å². The lowest BCUT2D eigenvalue weighted by Crippen LogP contribution is -2.30. The van der Waals surface area contributed by atoms with Gasteiger partial charge in [-0.3, -0.25) is 0 Å². The van der Waals surface area contributed by atoms with Gasteiger partial charge in [0.05, 0.1) is 4.47 Å². The van der Waals surface area contributed by atoms with Gasteiger partial charge in [0.15, 0.2) is 0 Å². The third-order valence-electron chi connectivity index (χ3n) is 2.51. The summed E-state index contributed by atoms with van der Waals surface area (Å²) in [5.74, 6) is 0.585. The van der Waals surface area contributed by atoms with Gasteiger partial charge in [-0.15, -0.1) is 0 Å². The average molecular weight is 322 g/mol. The van der Waals surface area contributed by atoms with Crippen LogP contribution in [0.2, 0.25) is 5.28 Å². The smallest absolute Gasteiger partial charge is 0.407 e. The predicted octanol–water partition coefficient (Wildman–Crippen LogP) is 2.06. The summed E-state index contributed by atoms with van der Waals surface area (Å²) < 4.78 is 0.704. The normalized spacial score (nSPS) is 19.4. The Hall–Kier alpha value is -1.08. The molecule has 1 aliphatic heterocycles. The van der Waals surface area contributed by atoms with Crippen LogP contribution >= 0.6 is 27.5 Å². The van der Waals surface area contributed by atoms with Crippen molar-refractivity contribution in [2.75, 3.05) is 18.4 Å². The van der Waals surface area contributed by atoms with Gasteiger partial charge in [0.25, 0.3) is 0 Å². The van der Waals surface area contributed by atoms with Gasteiger partial charge in [-0.2, -0.15) is 4.98 Å². The van der Waals surface area contributed by atoms with E-state index in [0.717, 1.165) is 6.42 Å². The SMILES string of the molecule is O=C(O)N1CCC(Nc2nc(Cl)ncc2Br)C1. The minimum absolute atomic E-state index is 0.0494. The highest BCUT2D eigenvalue weighted by Crippen LogP contribution is 2.23. The van der Waals surface area contributed by atoms with Crippen molar-refractivity contribution in [2.24, 2.45) is 0 Å². The van der Waals surface area contributed by atoms with E-state index in [2.05, 4.69) is 31.2 Å². The van der Waals surface area contributed by atoms with Crippen LogP contribution in [0.3, 0.4) is 0 Å². The third-order valence-corrected chi connectivity index (χ3v) is 3.28. The monoisotopic (exact) mass is 320 g/mol. The number of anilines is 1. The van der Waals surface area contributed by atoms with Gasteiger partial charge < -0.3 is 15.3 Å². The molecule has 17 heavy (non-hydrogen) atoms. The van der Waals surface area contributed by atoms with E-state index in [1.807, 2.05) is 0 Å². The first-order valence-electron chi connectivity index (χ1n) is 4.98. The van der Waals surface area contributed by atoms with E-state index in [4.69, 9.17) is 16.7 Å². The molecule has 1 amide bonds.